The fourth-order valence-corrected chi connectivity index (χ4v) is 1.31. The quantitative estimate of drug-likeness (QED) is 0.692. The maximum atomic E-state index is 12.9. The molecule has 1 atom stereocenters. The van der Waals surface area contributed by atoms with E-state index in [2.05, 4.69) is 0 Å². The smallest absolute Gasteiger partial charge is 0.489 e. The second-order valence-electron chi connectivity index (χ2n) is 3.44. The molecule has 4 nitrogen and oxygen atoms in total. The number of benzene rings is 1. The molecule has 6 heteroatoms. The SMILES string of the molecule is COCC(C)Oc1ccc(F)cc1B(O)O. The molecule has 0 aliphatic heterocycles. The van der Waals surface area contributed by atoms with Gasteiger partial charge in [0.2, 0.25) is 0 Å². The van der Waals surface area contributed by atoms with E-state index in [4.69, 9.17) is 19.5 Å². The number of ether oxygens (including phenoxy) is 2. The molecule has 0 aromatic heterocycles. The van der Waals surface area contributed by atoms with E-state index < -0.39 is 12.9 Å². The highest BCUT2D eigenvalue weighted by Crippen LogP contribution is 2.11. The van der Waals surface area contributed by atoms with Crippen molar-refractivity contribution in [3.05, 3.63) is 24.0 Å². The highest BCUT2D eigenvalue weighted by molar-refractivity contribution is 6.59. The van der Waals surface area contributed by atoms with Crippen molar-refractivity contribution in [2.75, 3.05) is 13.7 Å². The van der Waals surface area contributed by atoms with Crippen LogP contribution in [0.15, 0.2) is 18.2 Å². The van der Waals surface area contributed by atoms with Crippen LogP contribution in [-0.4, -0.2) is 37.0 Å². The molecule has 0 heterocycles. The van der Waals surface area contributed by atoms with Gasteiger partial charge in [0, 0.05) is 12.6 Å². The van der Waals surface area contributed by atoms with Gasteiger partial charge < -0.3 is 19.5 Å². The summed E-state index contributed by atoms with van der Waals surface area (Å²) in [6.07, 6.45) is -0.257. The van der Waals surface area contributed by atoms with Gasteiger partial charge in [0.1, 0.15) is 17.7 Å². The van der Waals surface area contributed by atoms with Gasteiger partial charge in [0.05, 0.1) is 6.61 Å². The minimum absolute atomic E-state index is 0.00273. The van der Waals surface area contributed by atoms with E-state index in [1.54, 1.807) is 6.92 Å². The fourth-order valence-electron chi connectivity index (χ4n) is 1.31. The van der Waals surface area contributed by atoms with Crippen LogP contribution in [0.5, 0.6) is 5.75 Å². The van der Waals surface area contributed by atoms with E-state index in [0.29, 0.717) is 6.61 Å². The molecule has 0 aliphatic carbocycles. The molecule has 88 valence electrons. The van der Waals surface area contributed by atoms with Crippen molar-refractivity contribution < 1.29 is 23.9 Å². The Labute approximate surface area is 93.8 Å². The first kappa shape index (κ1) is 13.0. The van der Waals surface area contributed by atoms with Crippen LogP contribution < -0.4 is 10.2 Å². The molecule has 0 bridgehead atoms. The van der Waals surface area contributed by atoms with E-state index in [1.807, 2.05) is 0 Å². The molecule has 2 N–H and O–H groups in total. The highest BCUT2D eigenvalue weighted by Gasteiger charge is 2.19. The van der Waals surface area contributed by atoms with Gasteiger partial charge in [-0.2, -0.15) is 0 Å². The summed E-state index contributed by atoms with van der Waals surface area (Å²) >= 11 is 0. The molecule has 0 saturated heterocycles. The lowest BCUT2D eigenvalue weighted by Crippen LogP contribution is -2.33. The van der Waals surface area contributed by atoms with Gasteiger partial charge in [0.15, 0.2) is 0 Å². The van der Waals surface area contributed by atoms with Crippen LogP contribution in [0.4, 0.5) is 4.39 Å². The van der Waals surface area contributed by atoms with Crippen molar-refractivity contribution in [3.8, 4) is 5.75 Å². The van der Waals surface area contributed by atoms with Crippen molar-refractivity contribution in [2.24, 2.45) is 0 Å². The second-order valence-corrected chi connectivity index (χ2v) is 3.44. The van der Waals surface area contributed by atoms with Gasteiger partial charge in [0.25, 0.3) is 0 Å². The van der Waals surface area contributed by atoms with Crippen LogP contribution in [0.2, 0.25) is 0 Å². The largest absolute Gasteiger partial charge is 0.492 e. The summed E-state index contributed by atoms with van der Waals surface area (Å²) in [5.74, 6) is -0.309. The molecular weight excluding hydrogens is 214 g/mol. The molecule has 0 saturated carbocycles. The van der Waals surface area contributed by atoms with Gasteiger partial charge in [-0.3, -0.25) is 0 Å². The van der Waals surface area contributed by atoms with E-state index in [-0.39, 0.29) is 17.3 Å². The van der Waals surface area contributed by atoms with Crippen LogP contribution >= 0.6 is 0 Å². The predicted octanol–water partition coefficient (Wildman–Crippen LogP) is -0.0808. The number of methoxy groups -OCH3 is 1. The first-order valence-electron chi connectivity index (χ1n) is 4.85. The standard InChI is InChI=1S/C10H14BFO4/c1-7(6-15-2)16-10-4-3-8(12)5-9(10)11(13)14/h3-5,7,13-14H,6H2,1-2H3. The lowest BCUT2D eigenvalue weighted by atomic mass is 9.79. The molecule has 16 heavy (non-hydrogen) atoms. The van der Waals surface area contributed by atoms with Crippen molar-refractivity contribution in [1.82, 2.24) is 0 Å². The van der Waals surface area contributed by atoms with Crippen LogP contribution in [0.3, 0.4) is 0 Å². The lowest BCUT2D eigenvalue weighted by molar-refractivity contribution is 0.0925. The Morgan fingerprint density at radius 3 is 2.69 bits per heavy atom. The zero-order valence-electron chi connectivity index (χ0n) is 9.18. The third kappa shape index (κ3) is 3.48. The van der Waals surface area contributed by atoms with Crippen molar-refractivity contribution in [2.45, 2.75) is 13.0 Å². The Balaban J connectivity index is 2.86. The molecule has 0 spiro atoms. The topological polar surface area (TPSA) is 58.9 Å². The van der Waals surface area contributed by atoms with Crippen LogP contribution in [0, 0.1) is 5.82 Å². The van der Waals surface area contributed by atoms with Crippen LogP contribution in [0.1, 0.15) is 6.92 Å². The summed E-state index contributed by atoms with van der Waals surface area (Å²) in [6.45, 7) is 2.12. The molecule has 0 aliphatic rings. The maximum Gasteiger partial charge on any atom is 0.492 e. The molecule has 1 unspecified atom stereocenters. The van der Waals surface area contributed by atoms with Gasteiger partial charge in [-0.05, 0) is 25.1 Å². The Morgan fingerprint density at radius 1 is 1.44 bits per heavy atom. The molecule has 0 fully saturated rings. The summed E-state index contributed by atoms with van der Waals surface area (Å²) in [6, 6.07) is 3.58. The van der Waals surface area contributed by atoms with E-state index in [0.717, 1.165) is 6.07 Å². The first-order chi connectivity index (χ1) is 7.54. The molecule has 1 aromatic rings. The Hall–Kier alpha value is -1.11. The molecule has 0 amide bonds. The van der Waals surface area contributed by atoms with E-state index >= 15 is 0 Å². The van der Waals surface area contributed by atoms with Gasteiger partial charge in [-0.15, -0.1) is 0 Å². The second kappa shape index (κ2) is 5.84. The molecule has 0 radical (unpaired) electrons. The normalized spacial score (nSPS) is 12.3. The zero-order chi connectivity index (χ0) is 12.1. The Morgan fingerprint density at radius 2 is 2.12 bits per heavy atom. The molecule has 1 rings (SSSR count). The van der Waals surface area contributed by atoms with Gasteiger partial charge >= 0.3 is 7.12 Å². The van der Waals surface area contributed by atoms with Gasteiger partial charge in [-0.25, -0.2) is 4.39 Å². The predicted molar refractivity (Wildman–Crippen MR) is 58.2 cm³/mol. The fraction of sp³-hybridized carbons (Fsp3) is 0.400. The Bertz CT molecular complexity index is 346. The van der Waals surface area contributed by atoms with Crippen molar-refractivity contribution in [1.29, 1.82) is 0 Å². The number of halogens is 1. The summed E-state index contributed by atoms with van der Waals surface area (Å²) in [7, 11) is -0.229. The summed E-state index contributed by atoms with van der Waals surface area (Å²) in [5, 5.41) is 18.1. The third-order valence-electron chi connectivity index (χ3n) is 1.98. The average Bonchev–Trinajstić information content (AvgIpc) is 2.20. The minimum atomic E-state index is -1.76. The average molecular weight is 228 g/mol. The van der Waals surface area contributed by atoms with Crippen LogP contribution in [-0.2, 0) is 4.74 Å². The number of hydrogen-bond donors (Lipinski definition) is 2. The number of hydrogen-bond acceptors (Lipinski definition) is 4. The third-order valence-corrected chi connectivity index (χ3v) is 1.98. The molecule has 1 aromatic carbocycles. The summed E-state index contributed by atoms with van der Waals surface area (Å²) in [5.41, 5.74) is 0.00273. The lowest BCUT2D eigenvalue weighted by Gasteiger charge is -2.16. The van der Waals surface area contributed by atoms with E-state index in [1.165, 1.54) is 19.2 Å². The number of rotatable bonds is 5. The maximum absolute atomic E-state index is 12.9. The Kier molecular flexibility index (Phi) is 4.73. The minimum Gasteiger partial charge on any atom is -0.489 e. The summed E-state index contributed by atoms with van der Waals surface area (Å²) < 4.78 is 23.2. The van der Waals surface area contributed by atoms with Crippen LogP contribution in [0.25, 0.3) is 0 Å². The molecular formula is C10H14BFO4. The first-order valence-corrected chi connectivity index (χ1v) is 4.85. The zero-order valence-corrected chi connectivity index (χ0v) is 9.18. The van der Waals surface area contributed by atoms with E-state index in [9.17, 15) is 4.39 Å². The highest BCUT2D eigenvalue weighted by atomic mass is 19.1. The monoisotopic (exact) mass is 228 g/mol. The van der Waals surface area contributed by atoms with Crippen molar-refractivity contribution in [3.63, 3.8) is 0 Å². The van der Waals surface area contributed by atoms with Gasteiger partial charge in [-0.1, -0.05) is 0 Å². The summed E-state index contributed by atoms with van der Waals surface area (Å²) in [4.78, 5) is 0. The van der Waals surface area contributed by atoms with Crippen molar-refractivity contribution >= 4 is 12.6 Å².